The highest BCUT2D eigenvalue weighted by Crippen LogP contribution is 2.03. The third-order valence-electron chi connectivity index (χ3n) is 2.94. The van der Waals surface area contributed by atoms with Gasteiger partial charge in [0.05, 0.1) is 12.7 Å². The Balaban J connectivity index is 2.17. The molecule has 1 heterocycles. The highest BCUT2D eigenvalue weighted by Gasteiger charge is 2.04. The molecule has 1 aromatic rings. The molecule has 0 radical (unpaired) electrons. The molecule has 0 aliphatic rings. The van der Waals surface area contributed by atoms with Crippen LogP contribution in [0, 0.1) is 6.92 Å². The molecule has 3 heteroatoms. The van der Waals surface area contributed by atoms with Gasteiger partial charge >= 0.3 is 0 Å². The van der Waals surface area contributed by atoms with Gasteiger partial charge in [0.1, 0.15) is 0 Å². The minimum Gasteiger partial charge on any atom is -0.312 e. The third-order valence-corrected chi connectivity index (χ3v) is 2.94. The molecule has 0 bridgehead atoms. The largest absolute Gasteiger partial charge is 0.312 e. The van der Waals surface area contributed by atoms with Crippen molar-refractivity contribution < 1.29 is 0 Å². The lowest BCUT2D eigenvalue weighted by Crippen LogP contribution is -2.31. The maximum absolute atomic E-state index is 4.28. The van der Waals surface area contributed by atoms with E-state index in [1.54, 1.807) is 0 Å². The average molecular weight is 223 g/mol. The Kier molecular flexibility index (Phi) is 6.16. The molecule has 1 N–H and O–H groups in total. The summed E-state index contributed by atoms with van der Waals surface area (Å²) in [6, 6.07) is 0.677. The maximum atomic E-state index is 4.28. The summed E-state index contributed by atoms with van der Waals surface area (Å²) >= 11 is 0. The molecule has 0 saturated carbocycles. The second-order valence-corrected chi connectivity index (χ2v) is 4.48. The molecule has 0 aliphatic heterocycles. The Morgan fingerprint density at radius 1 is 1.44 bits per heavy atom. The van der Waals surface area contributed by atoms with Gasteiger partial charge in [-0.25, -0.2) is 0 Å². The molecule has 0 spiro atoms. The fourth-order valence-corrected chi connectivity index (χ4v) is 1.87. The minimum absolute atomic E-state index is 0.677. The van der Waals surface area contributed by atoms with Crippen molar-refractivity contribution in [1.29, 1.82) is 0 Å². The van der Waals surface area contributed by atoms with E-state index in [1.807, 2.05) is 10.9 Å². The Bertz CT molecular complexity index is 280. The molecule has 1 aromatic heterocycles. The molecule has 3 nitrogen and oxygen atoms in total. The van der Waals surface area contributed by atoms with Gasteiger partial charge < -0.3 is 5.32 Å². The van der Waals surface area contributed by atoms with Crippen LogP contribution in [0.25, 0.3) is 0 Å². The van der Waals surface area contributed by atoms with Crippen molar-refractivity contribution in [1.82, 2.24) is 15.1 Å². The lowest BCUT2D eigenvalue weighted by atomic mass is 10.1. The van der Waals surface area contributed by atoms with Crippen molar-refractivity contribution in [3.8, 4) is 0 Å². The van der Waals surface area contributed by atoms with Gasteiger partial charge in [0.15, 0.2) is 0 Å². The van der Waals surface area contributed by atoms with Crippen molar-refractivity contribution in [3.05, 3.63) is 18.0 Å². The maximum Gasteiger partial charge on any atom is 0.0534 e. The summed E-state index contributed by atoms with van der Waals surface area (Å²) in [6.45, 7) is 8.57. The number of unbranched alkanes of at least 4 members (excludes halogenated alkanes) is 1. The van der Waals surface area contributed by atoms with Crippen molar-refractivity contribution in [2.45, 2.75) is 59.0 Å². The number of rotatable bonds is 8. The van der Waals surface area contributed by atoms with Gasteiger partial charge in [-0.15, -0.1) is 0 Å². The summed E-state index contributed by atoms with van der Waals surface area (Å²) in [5, 5.41) is 7.88. The van der Waals surface area contributed by atoms with E-state index < -0.39 is 0 Å². The fraction of sp³-hybridized carbons (Fsp3) is 0.769. The third kappa shape index (κ3) is 4.79. The van der Waals surface area contributed by atoms with Crippen LogP contribution in [0.1, 0.15) is 45.1 Å². The minimum atomic E-state index is 0.677. The number of aryl methyl sites for hydroxylation is 1. The Morgan fingerprint density at radius 3 is 2.81 bits per heavy atom. The summed E-state index contributed by atoms with van der Waals surface area (Å²) < 4.78 is 2.01. The standard InChI is InChI=1S/C13H25N3/c1-4-6-7-13(5-2)14-8-9-16-11-12(3)10-15-16/h10-11,13-14H,4-9H2,1-3H3. The molecule has 0 saturated heterocycles. The lowest BCUT2D eigenvalue weighted by molar-refractivity contribution is 0.431. The Hall–Kier alpha value is -0.830. The van der Waals surface area contributed by atoms with Crippen molar-refractivity contribution in [3.63, 3.8) is 0 Å². The van der Waals surface area contributed by atoms with Crippen LogP contribution in [0.4, 0.5) is 0 Å². The van der Waals surface area contributed by atoms with Gasteiger partial charge in [0, 0.05) is 18.8 Å². The molecular formula is C13H25N3. The van der Waals surface area contributed by atoms with E-state index in [2.05, 4.69) is 37.4 Å². The summed E-state index contributed by atoms with van der Waals surface area (Å²) in [5.41, 5.74) is 1.23. The summed E-state index contributed by atoms with van der Waals surface area (Å²) in [7, 11) is 0. The van der Waals surface area contributed by atoms with Crippen LogP contribution < -0.4 is 5.32 Å². The topological polar surface area (TPSA) is 29.9 Å². The van der Waals surface area contributed by atoms with Crippen molar-refractivity contribution >= 4 is 0 Å². The number of aromatic nitrogens is 2. The molecular weight excluding hydrogens is 198 g/mol. The fourth-order valence-electron chi connectivity index (χ4n) is 1.87. The van der Waals surface area contributed by atoms with Crippen LogP contribution in [0.2, 0.25) is 0 Å². The normalized spacial score (nSPS) is 12.9. The molecule has 16 heavy (non-hydrogen) atoms. The van der Waals surface area contributed by atoms with Gasteiger partial charge in [-0.3, -0.25) is 4.68 Å². The number of nitrogens with zero attached hydrogens (tertiary/aromatic N) is 2. The van der Waals surface area contributed by atoms with Crippen LogP contribution >= 0.6 is 0 Å². The number of hydrogen-bond donors (Lipinski definition) is 1. The van der Waals surface area contributed by atoms with Crippen LogP contribution in [0.15, 0.2) is 12.4 Å². The van der Waals surface area contributed by atoms with Gasteiger partial charge in [-0.1, -0.05) is 26.7 Å². The zero-order chi connectivity index (χ0) is 11.8. The Morgan fingerprint density at radius 2 is 2.25 bits per heavy atom. The molecule has 0 aliphatic carbocycles. The molecule has 0 amide bonds. The zero-order valence-corrected chi connectivity index (χ0v) is 10.9. The first-order chi connectivity index (χ1) is 7.76. The number of nitrogens with one attached hydrogen (secondary N) is 1. The van der Waals surface area contributed by atoms with Gasteiger partial charge in [0.25, 0.3) is 0 Å². The first-order valence-electron chi connectivity index (χ1n) is 6.48. The summed E-state index contributed by atoms with van der Waals surface area (Å²) in [5.74, 6) is 0. The first-order valence-corrected chi connectivity index (χ1v) is 6.48. The summed E-state index contributed by atoms with van der Waals surface area (Å²) in [6.07, 6.45) is 9.13. The van der Waals surface area contributed by atoms with Crippen LogP contribution in [-0.4, -0.2) is 22.4 Å². The first kappa shape index (κ1) is 13.2. The van der Waals surface area contributed by atoms with E-state index >= 15 is 0 Å². The van der Waals surface area contributed by atoms with Gasteiger partial charge in [-0.05, 0) is 25.3 Å². The molecule has 0 aromatic carbocycles. The van der Waals surface area contributed by atoms with Gasteiger partial charge in [-0.2, -0.15) is 5.10 Å². The summed E-state index contributed by atoms with van der Waals surface area (Å²) in [4.78, 5) is 0. The zero-order valence-electron chi connectivity index (χ0n) is 10.9. The van der Waals surface area contributed by atoms with E-state index in [4.69, 9.17) is 0 Å². The predicted molar refractivity (Wildman–Crippen MR) is 68.6 cm³/mol. The van der Waals surface area contributed by atoms with E-state index in [0.717, 1.165) is 13.1 Å². The van der Waals surface area contributed by atoms with Crippen LogP contribution in [-0.2, 0) is 6.54 Å². The van der Waals surface area contributed by atoms with E-state index in [9.17, 15) is 0 Å². The van der Waals surface area contributed by atoms with Crippen LogP contribution in [0.3, 0.4) is 0 Å². The molecule has 0 fully saturated rings. The predicted octanol–water partition coefficient (Wildman–Crippen LogP) is 2.75. The van der Waals surface area contributed by atoms with Crippen LogP contribution in [0.5, 0.6) is 0 Å². The second kappa shape index (κ2) is 7.44. The smallest absolute Gasteiger partial charge is 0.0534 e. The van der Waals surface area contributed by atoms with Crippen molar-refractivity contribution in [2.24, 2.45) is 0 Å². The monoisotopic (exact) mass is 223 g/mol. The SMILES string of the molecule is CCCCC(CC)NCCn1cc(C)cn1. The molecule has 1 unspecified atom stereocenters. The highest BCUT2D eigenvalue weighted by atomic mass is 15.3. The van der Waals surface area contributed by atoms with Gasteiger partial charge in [0.2, 0.25) is 0 Å². The van der Waals surface area contributed by atoms with E-state index in [1.165, 1.54) is 31.2 Å². The average Bonchev–Trinajstić information content (AvgIpc) is 2.69. The molecule has 1 atom stereocenters. The highest BCUT2D eigenvalue weighted by molar-refractivity contribution is 4.99. The quantitative estimate of drug-likeness (QED) is 0.734. The van der Waals surface area contributed by atoms with E-state index in [0.29, 0.717) is 6.04 Å². The van der Waals surface area contributed by atoms with E-state index in [-0.39, 0.29) is 0 Å². The molecule has 1 rings (SSSR count). The lowest BCUT2D eigenvalue weighted by Gasteiger charge is -2.16. The number of hydrogen-bond acceptors (Lipinski definition) is 2. The Labute approximate surface area is 99.2 Å². The second-order valence-electron chi connectivity index (χ2n) is 4.48. The molecule has 92 valence electrons. The van der Waals surface area contributed by atoms with Crippen molar-refractivity contribution in [2.75, 3.05) is 6.54 Å².